The van der Waals surface area contributed by atoms with E-state index in [1.165, 1.54) is 0 Å². The summed E-state index contributed by atoms with van der Waals surface area (Å²) in [5.41, 5.74) is 0.435. The Kier molecular flexibility index (Phi) is 5.01. The van der Waals surface area contributed by atoms with Crippen molar-refractivity contribution in [2.75, 3.05) is 13.4 Å². The van der Waals surface area contributed by atoms with Crippen LogP contribution in [0.5, 0.6) is 5.75 Å². The molecule has 0 bridgehead atoms. The number of hydrogen-bond acceptors (Lipinski definition) is 4. The number of carboxylic acids is 1. The Morgan fingerprint density at radius 1 is 1.38 bits per heavy atom. The predicted octanol–water partition coefficient (Wildman–Crippen LogP) is 1.33. The molecule has 0 radical (unpaired) electrons. The van der Waals surface area contributed by atoms with Crippen molar-refractivity contribution in [3.05, 3.63) is 29.8 Å². The molecule has 5 heteroatoms. The average Bonchev–Trinajstić information content (AvgIpc) is 2.29. The van der Waals surface area contributed by atoms with Gasteiger partial charge in [0, 0.05) is 0 Å². The van der Waals surface area contributed by atoms with Gasteiger partial charge in [-0.1, -0.05) is 12.1 Å². The number of carbonyl (C=O) groups excluding carboxylic acids is 1. The van der Waals surface area contributed by atoms with Crippen LogP contribution in [0.2, 0.25) is 0 Å². The number of carboxylic acid groups (broad SMARTS) is 1. The Balaban J connectivity index is 2.31. The van der Waals surface area contributed by atoms with Crippen molar-refractivity contribution in [3.63, 3.8) is 0 Å². The van der Waals surface area contributed by atoms with E-state index in [0.717, 1.165) is 0 Å². The zero-order chi connectivity index (χ0) is 11.8. The topological polar surface area (TPSA) is 72.8 Å². The van der Waals surface area contributed by atoms with Crippen LogP contribution in [-0.2, 0) is 9.53 Å². The first-order valence-electron chi connectivity index (χ1n) is 4.70. The number of para-hydroxylation sites is 1. The van der Waals surface area contributed by atoms with E-state index in [0.29, 0.717) is 17.6 Å². The molecule has 0 amide bonds. The summed E-state index contributed by atoms with van der Waals surface area (Å²) in [6, 6.07) is 6.73. The van der Waals surface area contributed by atoms with E-state index in [1.54, 1.807) is 24.3 Å². The third kappa shape index (κ3) is 4.10. The minimum absolute atomic E-state index is 0.0707. The van der Waals surface area contributed by atoms with E-state index < -0.39 is 5.97 Å². The van der Waals surface area contributed by atoms with Gasteiger partial charge >= 0.3 is 5.97 Å². The zero-order valence-electron chi connectivity index (χ0n) is 8.59. The van der Waals surface area contributed by atoms with Gasteiger partial charge in [-0.3, -0.25) is 9.59 Å². The molecule has 0 unspecified atom stereocenters. The van der Waals surface area contributed by atoms with Gasteiger partial charge in [-0.2, -0.15) is 0 Å². The van der Waals surface area contributed by atoms with Gasteiger partial charge in [0.05, 0.1) is 18.6 Å². The van der Waals surface area contributed by atoms with Crippen molar-refractivity contribution < 1.29 is 24.2 Å². The van der Waals surface area contributed by atoms with Crippen LogP contribution >= 0.6 is 0 Å². The monoisotopic (exact) mass is 224 g/mol. The Bertz CT molecular complexity index is 361. The molecule has 0 fully saturated rings. The molecule has 0 saturated heterocycles. The summed E-state index contributed by atoms with van der Waals surface area (Å²) < 4.78 is 10.1. The Labute approximate surface area is 92.6 Å². The largest absolute Gasteiger partial charge is 0.481 e. The third-order valence-electron chi connectivity index (χ3n) is 1.80. The summed E-state index contributed by atoms with van der Waals surface area (Å²) in [7, 11) is 0. The smallest absolute Gasteiger partial charge is 0.305 e. The molecule has 0 heterocycles. The fourth-order valence-electron chi connectivity index (χ4n) is 1.03. The number of rotatable bonds is 7. The zero-order valence-corrected chi connectivity index (χ0v) is 8.59. The molecule has 5 nitrogen and oxygen atoms in total. The molecule has 0 atom stereocenters. The van der Waals surface area contributed by atoms with E-state index in [4.69, 9.17) is 14.6 Å². The number of aldehydes is 1. The van der Waals surface area contributed by atoms with Crippen molar-refractivity contribution in [3.8, 4) is 5.75 Å². The van der Waals surface area contributed by atoms with E-state index in [2.05, 4.69) is 0 Å². The minimum Gasteiger partial charge on any atom is -0.481 e. The molecule has 86 valence electrons. The van der Waals surface area contributed by atoms with Crippen LogP contribution in [0.4, 0.5) is 0 Å². The Morgan fingerprint density at radius 3 is 2.81 bits per heavy atom. The number of benzene rings is 1. The van der Waals surface area contributed by atoms with Crippen molar-refractivity contribution in [1.82, 2.24) is 0 Å². The van der Waals surface area contributed by atoms with Gasteiger partial charge in [0.15, 0.2) is 13.1 Å². The molecule has 1 rings (SSSR count). The van der Waals surface area contributed by atoms with E-state index in [-0.39, 0.29) is 19.8 Å². The molecular formula is C11H12O5. The maximum atomic E-state index is 10.6. The number of hydrogen-bond donors (Lipinski definition) is 1. The lowest BCUT2D eigenvalue weighted by molar-refractivity contribution is -0.138. The van der Waals surface area contributed by atoms with Gasteiger partial charge < -0.3 is 14.6 Å². The molecule has 0 aliphatic rings. The molecule has 0 saturated carbocycles. The number of aliphatic carboxylic acids is 1. The summed E-state index contributed by atoms with van der Waals surface area (Å²) in [4.78, 5) is 20.8. The molecule has 0 spiro atoms. The first kappa shape index (κ1) is 12.2. The molecule has 0 aliphatic carbocycles. The van der Waals surface area contributed by atoms with Gasteiger partial charge in [0.25, 0.3) is 0 Å². The number of carbonyl (C=O) groups is 2. The van der Waals surface area contributed by atoms with Crippen LogP contribution in [0.3, 0.4) is 0 Å². The quantitative estimate of drug-likeness (QED) is 0.429. The van der Waals surface area contributed by atoms with Gasteiger partial charge in [-0.15, -0.1) is 0 Å². The highest BCUT2D eigenvalue weighted by molar-refractivity contribution is 5.79. The molecule has 1 aromatic carbocycles. The summed E-state index contributed by atoms with van der Waals surface area (Å²) in [6.07, 6.45) is 0.616. The van der Waals surface area contributed by atoms with Crippen LogP contribution in [0.1, 0.15) is 16.8 Å². The lowest BCUT2D eigenvalue weighted by atomic mass is 10.2. The van der Waals surface area contributed by atoms with Gasteiger partial charge in [-0.25, -0.2) is 0 Å². The second-order valence-corrected chi connectivity index (χ2v) is 2.97. The molecule has 0 aliphatic heterocycles. The van der Waals surface area contributed by atoms with Gasteiger partial charge in [0.2, 0.25) is 0 Å². The van der Waals surface area contributed by atoms with Crippen LogP contribution < -0.4 is 4.74 Å². The molecule has 0 aromatic heterocycles. The van der Waals surface area contributed by atoms with Crippen molar-refractivity contribution >= 4 is 12.3 Å². The fourth-order valence-corrected chi connectivity index (χ4v) is 1.03. The summed E-state index contributed by atoms with van der Waals surface area (Å²) >= 11 is 0. The summed E-state index contributed by atoms with van der Waals surface area (Å²) in [5.74, 6) is -0.499. The maximum Gasteiger partial charge on any atom is 0.305 e. The average molecular weight is 224 g/mol. The standard InChI is InChI=1S/C11H12O5/c12-7-9-3-1-2-4-10(9)16-8-15-6-5-11(13)14/h1-4,7H,5-6,8H2,(H,13,14). The highest BCUT2D eigenvalue weighted by Crippen LogP contribution is 2.15. The Hall–Kier alpha value is -1.88. The third-order valence-corrected chi connectivity index (χ3v) is 1.80. The van der Waals surface area contributed by atoms with Crippen LogP contribution in [-0.4, -0.2) is 30.8 Å². The van der Waals surface area contributed by atoms with E-state index in [1.807, 2.05) is 0 Å². The second-order valence-electron chi connectivity index (χ2n) is 2.97. The normalized spacial score (nSPS) is 9.75. The molecule has 16 heavy (non-hydrogen) atoms. The van der Waals surface area contributed by atoms with Crippen LogP contribution in [0.25, 0.3) is 0 Å². The lowest BCUT2D eigenvalue weighted by Gasteiger charge is -2.07. The summed E-state index contributed by atoms with van der Waals surface area (Å²) in [6.45, 7) is 0.0106. The highest BCUT2D eigenvalue weighted by atomic mass is 16.7. The number of ether oxygens (including phenoxy) is 2. The van der Waals surface area contributed by atoms with Gasteiger partial charge in [0.1, 0.15) is 5.75 Å². The van der Waals surface area contributed by atoms with E-state index >= 15 is 0 Å². The molecule has 1 N–H and O–H groups in total. The van der Waals surface area contributed by atoms with E-state index in [9.17, 15) is 9.59 Å². The first-order valence-corrected chi connectivity index (χ1v) is 4.70. The van der Waals surface area contributed by atoms with Crippen molar-refractivity contribution in [2.24, 2.45) is 0 Å². The molecule has 1 aromatic rings. The predicted molar refractivity (Wildman–Crippen MR) is 55.5 cm³/mol. The van der Waals surface area contributed by atoms with Crippen molar-refractivity contribution in [2.45, 2.75) is 6.42 Å². The lowest BCUT2D eigenvalue weighted by Crippen LogP contribution is -2.08. The summed E-state index contributed by atoms with van der Waals surface area (Å²) in [5, 5.41) is 8.34. The molecular weight excluding hydrogens is 212 g/mol. The second kappa shape index (κ2) is 6.58. The Morgan fingerprint density at radius 2 is 2.12 bits per heavy atom. The minimum atomic E-state index is -0.923. The fraction of sp³-hybridized carbons (Fsp3) is 0.273. The maximum absolute atomic E-state index is 10.6. The van der Waals surface area contributed by atoms with Gasteiger partial charge in [-0.05, 0) is 12.1 Å². The van der Waals surface area contributed by atoms with Crippen molar-refractivity contribution in [1.29, 1.82) is 0 Å². The van der Waals surface area contributed by atoms with Crippen LogP contribution in [0, 0.1) is 0 Å². The van der Waals surface area contributed by atoms with Crippen LogP contribution in [0.15, 0.2) is 24.3 Å². The highest BCUT2D eigenvalue weighted by Gasteiger charge is 2.01. The first-order chi connectivity index (χ1) is 7.74. The SMILES string of the molecule is O=Cc1ccccc1OCOCCC(=O)O.